The summed E-state index contributed by atoms with van der Waals surface area (Å²) in [6, 6.07) is 4.93. The monoisotopic (exact) mass is 333 g/mol. The van der Waals surface area contributed by atoms with E-state index in [4.69, 9.17) is 19.8 Å². The number of ether oxygens (including phenoxy) is 1. The van der Waals surface area contributed by atoms with Crippen LogP contribution in [0.1, 0.15) is 43.6 Å². The summed E-state index contributed by atoms with van der Waals surface area (Å²) in [5.74, 6) is -0.739. The second kappa shape index (κ2) is 6.59. The SMILES string of the molecule is COc1ccc(C=C(CN)B2OC(C)(C)C(C)(C)O2)cc1C(=O)O. The van der Waals surface area contributed by atoms with Crippen molar-refractivity contribution in [3.8, 4) is 5.75 Å². The number of carboxylic acid groups (broad SMARTS) is 1. The number of methoxy groups -OCH3 is 1. The number of benzene rings is 1. The van der Waals surface area contributed by atoms with Gasteiger partial charge in [-0.05, 0) is 50.9 Å². The van der Waals surface area contributed by atoms with Crippen LogP contribution in [0.15, 0.2) is 23.7 Å². The Morgan fingerprint density at radius 3 is 2.33 bits per heavy atom. The summed E-state index contributed by atoms with van der Waals surface area (Å²) < 4.78 is 17.1. The van der Waals surface area contributed by atoms with E-state index in [1.54, 1.807) is 24.3 Å². The minimum Gasteiger partial charge on any atom is -0.496 e. The zero-order valence-corrected chi connectivity index (χ0v) is 14.8. The number of carbonyl (C=O) groups is 1. The molecular weight excluding hydrogens is 309 g/mol. The molecule has 1 aliphatic rings. The predicted molar refractivity (Wildman–Crippen MR) is 93.1 cm³/mol. The third kappa shape index (κ3) is 3.48. The van der Waals surface area contributed by atoms with E-state index >= 15 is 0 Å². The van der Waals surface area contributed by atoms with Gasteiger partial charge < -0.3 is 24.9 Å². The standard InChI is InChI=1S/C17H24BNO5/c1-16(2)17(3,4)24-18(23-16)12(10-19)8-11-6-7-14(22-5)13(9-11)15(20)21/h6-9H,10,19H2,1-5H3,(H,20,21). The Kier molecular flexibility index (Phi) is 5.08. The molecule has 0 bridgehead atoms. The molecule has 7 heteroatoms. The van der Waals surface area contributed by atoms with Crippen LogP contribution in [0.5, 0.6) is 5.75 Å². The summed E-state index contributed by atoms with van der Waals surface area (Å²) in [7, 11) is 0.878. The van der Waals surface area contributed by atoms with Gasteiger partial charge in [-0.25, -0.2) is 4.79 Å². The molecular formula is C17H24BNO5. The van der Waals surface area contributed by atoms with Crippen LogP contribution >= 0.6 is 0 Å². The lowest BCUT2D eigenvalue weighted by Gasteiger charge is -2.32. The van der Waals surface area contributed by atoms with Crippen molar-refractivity contribution < 1.29 is 23.9 Å². The van der Waals surface area contributed by atoms with E-state index in [-0.39, 0.29) is 12.1 Å². The van der Waals surface area contributed by atoms with Gasteiger partial charge in [0.15, 0.2) is 0 Å². The minimum absolute atomic E-state index is 0.0940. The second-order valence-corrected chi connectivity index (χ2v) is 6.78. The van der Waals surface area contributed by atoms with Crippen LogP contribution in [0.2, 0.25) is 0 Å². The summed E-state index contributed by atoms with van der Waals surface area (Å²) in [5.41, 5.74) is 6.48. The predicted octanol–water partition coefficient (Wildman–Crippen LogP) is 2.37. The average Bonchev–Trinajstić information content (AvgIpc) is 2.72. The molecule has 0 atom stereocenters. The summed E-state index contributed by atoms with van der Waals surface area (Å²) >= 11 is 0. The van der Waals surface area contributed by atoms with Crippen molar-refractivity contribution in [3.05, 3.63) is 34.8 Å². The fourth-order valence-electron chi connectivity index (χ4n) is 2.41. The molecule has 0 spiro atoms. The van der Waals surface area contributed by atoms with Crippen LogP contribution in [0, 0.1) is 0 Å². The Balaban J connectivity index is 2.35. The molecule has 2 rings (SSSR count). The normalized spacial score (nSPS) is 19.4. The first-order chi connectivity index (χ1) is 11.1. The van der Waals surface area contributed by atoms with E-state index in [1.807, 2.05) is 27.7 Å². The van der Waals surface area contributed by atoms with Gasteiger partial charge in [0.1, 0.15) is 11.3 Å². The van der Waals surface area contributed by atoms with E-state index in [0.717, 1.165) is 5.47 Å². The van der Waals surface area contributed by atoms with Gasteiger partial charge in [-0.15, -0.1) is 0 Å². The fourth-order valence-corrected chi connectivity index (χ4v) is 2.41. The number of nitrogens with two attached hydrogens (primary N) is 1. The van der Waals surface area contributed by atoms with Crippen LogP contribution in [-0.4, -0.2) is 43.1 Å². The smallest absolute Gasteiger partial charge is 0.491 e. The maximum atomic E-state index is 11.3. The summed E-state index contributed by atoms with van der Waals surface area (Å²) in [5, 5.41) is 9.29. The van der Waals surface area contributed by atoms with Gasteiger partial charge in [0, 0.05) is 6.54 Å². The Labute approximate surface area is 142 Å². The van der Waals surface area contributed by atoms with Gasteiger partial charge in [0.25, 0.3) is 0 Å². The zero-order valence-electron chi connectivity index (χ0n) is 14.8. The van der Waals surface area contributed by atoms with Crippen LogP contribution < -0.4 is 10.5 Å². The van der Waals surface area contributed by atoms with Gasteiger partial charge in [-0.1, -0.05) is 12.1 Å². The van der Waals surface area contributed by atoms with Crippen LogP contribution in [-0.2, 0) is 9.31 Å². The minimum atomic E-state index is -1.05. The van der Waals surface area contributed by atoms with Crippen molar-refractivity contribution in [1.82, 2.24) is 0 Å². The van der Waals surface area contributed by atoms with E-state index in [0.29, 0.717) is 11.3 Å². The van der Waals surface area contributed by atoms with Gasteiger partial charge in [0.2, 0.25) is 0 Å². The molecule has 1 aliphatic heterocycles. The van der Waals surface area contributed by atoms with Crippen LogP contribution in [0.25, 0.3) is 6.08 Å². The van der Waals surface area contributed by atoms with Crippen molar-refractivity contribution >= 4 is 19.2 Å². The first-order valence-electron chi connectivity index (χ1n) is 7.79. The molecule has 0 saturated carbocycles. The molecule has 1 aromatic carbocycles. The van der Waals surface area contributed by atoms with Gasteiger partial charge in [-0.3, -0.25) is 0 Å². The molecule has 0 aliphatic carbocycles. The molecule has 0 aromatic heterocycles. The number of rotatable bonds is 5. The lowest BCUT2D eigenvalue weighted by molar-refractivity contribution is 0.00578. The van der Waals surface area contributed by atoms with E-state index in [9.17, 15) is 9.90 Å². The van der Waals surface area contributed by atoms with E-state index < -0.39 is 24.3 Å². The second-order valence-electron chi connectivity index (χ2n) is 6.78. The molecule has 1 fully saturated rings. The summed E-state index contributed by atoms with van der Waals surface area (Å²) in [6.07, 6.45) is 1.80. The lowest BCUT2D eigenvalue weighted by Crippen LogP contribution is -2.41. The third-order valence-electron chi connectivity index (χ3n) is 4.60. The number of hydrogen-bond acceptors (Lipinski definition) is 5. The Morgan fingerprint density at radius 2 is 1.88 bits per heavy atom. The molecule has 1 aromatic rings. The van der Waals surface area contributed by atoms with Gasteiger partial charge in [-0.2, -0.15) is 0 Å². The first-order valence-corrected chi connectivity index (χ1v) is 7.79. The first kappa shape index (κ1) is 18.5. The highest BCUT2D eigenvalue weighted by Crippen LogP contribution is 2.38. The molecule has 0 amide bonds. The average molecular weight is 333 g/mol. The van der Waals surface area contributed by atoms with Crippen molar-refractivity contribution in [3.63, 3.8) is 0 Å². The Hall–Kier alpha value is -1.83. The van der Waals surface area contributed by atoms with Gasteiger partial charge >= 0.3 is 13.1 Å². The third-order valence-corrected chi connectivity index (χ3v) is 4.60. The number of aromatic carboxylic acids is 1. The Morgan fingerprint density at radius 1 is 1.29 bits per heavy atom. The van der Waals surface area contributed by atoms with Crippen molar-refractivity contribution in [2.24, 2.45) is 5.73 Å². The maximum Gasteiger partial charge on any atom is 0.491 e. The maximum absolute atomic E-state index is 11.3. The highest BCUT2D eigenvalue weighted by atomic mass is 16.7. The summed E-state index contributed by atoms with van der Waals surface area (Å²) in [6.45, 7) is 8.12. The molecule has 3 N–H and O–H groups in total. The topological polar surface area (TPSA) is 91.0 Å². The quantitative estimate of drug-likeness (QED) is 0.804. The summed E-state index contributed by atoms with van der Waals surface area (Å²) in [4.78, 5) is 11.3. The van der Waals surface area contributed by atoms with Crippen LogP contribution in [0.3, 0.4) is 0 Å². The molecule has 1 heterocycles. The highest BCUT2D eigenvalue weighted by molar-refractivity contribution is 6.55. The molecule has 130 valence electrons. The molecule has 24 heavy (non-hydrogen) atoms. The number of carboxylic acids is 1. The molecule has 1 saturated heterocycles. The van der Waals surface area contributed by atoms with Crippen molar-refractivity contribution in [1.29, 1.82) is 0 Å². The lowest BCUT2D eigenvalue weighted by atomic mass is 9.77. The molecule has 6 nitrogen and oxygen atoms in total. The molecule has 0 radical (unpaired) electrons. The Bertz CT molecular complexity index is 653. The highest BCUT2D eigenvalue weighted by Gasteiger charge is 2.52. The number of hydrogen-bond donors (Lipinski definition) is 2. The fraction of sp³-hybridized carbons (Fsp3) is 0.471. The molecule has 0 unspecified atom stereocenters. The largest absolute Gasteiger partial charge is 0.496 e. The van der Waals surface area contributed by atoms with E-state index in [2.05, 4.69) is 0 Å². The van der Waals surface area contributed by atoms with E-state index in [1.165, 1.54) is 7.11 Å². The van der Waals surface area contributed by atoms with Crippen LogP contribution in [0.4, 0.5) is 0 Å². The van der Waals surface area contributed by atoms with Crippen molar-refractivity contribution in [2.45, 2.75) is 38.9 Å². The zero-order chi connectivity index (χ0) is 18.1. The van der Waals surface area contributed by atoms with Gasteiger partial charge in [0.05, 0.1) is 18.3 Å². The van der Waals surface area contributed by atoms with Crippen molar-refractivity contribution in [2.75, 3.05) is 13.7 Å².